The minimum atomic E-state index is -4.16. The molecule has 8 nitrogen and oxygen atoms in total. The van der Waals surface area contributed by atoms with Gasteiger partial charge >= 0.3 is 0 Å². The van der Waals surface area contributed by atoms with Crippen LogP contribution in [0.25, 0.3) is 0 Å². The van der Waals surface area contributed by atoms with Gasteiger partial charge in [0, 0.05) is 19.4 Å². The Kier molecular flexibility index (Phi) is 8.71. The number of hydrogen-bond donors (Lipinski definition) is 1. The molecule has 0 saturated carbocycles. The predicted octanol–water partition coefficient (Wildman–Crippen LogP) is 4.24. The number of nitrogens with zero attached hydrogens (tertiary/aromatic N) is 1. The molecule has 0 unspecified atom stereocenters. The molecule has 3 aromatic carbocycles. The van der Waals surface area contributed by atoms with Crippen LogP contribution in [0.4, 0.5) is 0 Å². The van der Waals surface area contributed by atoms with Crippen LogP contribution in [0.15, 0.2) is 101 Å². The van der Waals surface area contributed by atoms with Gasteiger partial charge in [-0.05, 0) is 30.2 Å². The van der Waals surface area contributed by atoms with Gasteiger partial charge in [0.05, 0.1) is 4.90 Å². The molecule has 0 fully saturated rings. The van der Waals surface area contributed by atoms with Gasteiger partial charge < -0.3 is 14.5 Å². The average Bonchev–Trinajstić information content (AvgIpc) is 3.35. The third kappa shape index (κ3) is 7.52. The summed E-state index contributed by atoms with van der Waals surface area (Å²) < 4.78 is 42.4. The largest absolute Gasteiger partial charge is 0.470 e. The van der Waals surface area contributed by atoms with E-state index in [4.69, 9.17) is 13.3 Å². The van der Waals surface area contributed by atoms with E-state index >= 15 is 0 Å². The Morgan fingerprint density at radius 3 is 2.27 bits per heavy atom. The summed E-state index contributed by atoms with van der Waals surface area (Å²) in [7, 11) is -4.16. The molecule has 0 aliphatic carbocycles. The van der Waals surface area contributed by atoms with Crippen molar-refractivity contribution < 1.29 is 26.5 Å². The van der Waals surface area contributed by atoms with E-state index in [2.05, 4.69) is 10.3 Å². The Balaban J connectivity index is 1.39. The highest BCUT2D eigenvalue weighted by Crippen LogP contribution is 2.19. The number of carbonyl (C=O) groups is 1. The van der Waals surface area contributed by atoms with Crippen molar-refractivity contribution in [2.75, 3.05) is 6.54 Å². The first-order valence-corrected chi connectivity index (χ1v) is 13.2. The molecule has 0 aliphatic rings. The highest BCUT2D eigenvalue weighted by Gasteiger charge is 2.28. The predicted molar refractivity (Wildman–Crippen MR) is 137 cm³/mol. The minimum Gasteiger partial charge on any atom is -0.470 e. The molecule has 0 aliphatic heterocycles. The molecule has 1 N–H and O–H groups in total. The van der Waals surface area contributed by atoms with Crippen LogP contribution in [0, 0.1) is 6.92 Å². The fourth-order valence-electron chi connectivity index (χ4n) is 3.59. The lowest BCUT2D eigenvalue weighted by Gasteiger charge is -2.18. The summed E-state index contributed by atoms with van der Waals surface area (Å²) in [5.74, 6) is 0.270. The summed E-state index contributed by atoms with van der Waals surface area (Å²) in [6.07, 6.45) is 0.425. The van der Waals surface area contributed by atoms with Crippen molar-refractivity contribution in [3.63, 3.8) is 0 Å². The number of rotatable bonds is 12. The van der Waals surface area contributed by atoms with Crippen LogP contribution >= 0.6 is 0 Å². The topological polar surface area (TPSA) is 108 Å². The van der Waals surface area contributed by atoms with Crippen LogP contribution in [-0.4, -0.2) is 32.0 Å². The van der Waals surface area contributed by atoms with Gasteiger partial charge in [-0.1, -0.05) is 78.4 Å². The van der Waals surface area contributed by atoms with Crippen molar-refractivity contribution in [3.8, 4) is 5.88 Å². The number of amides is 1. The third-order valence-corrected chi connectivity index (χ3v) is 6.92. The van der Waals surface area contributed by atoms with Crippen LogP contribution < -0.4 is 10.1 Å². The summed E-state index contributed by atoms with van der Waals surface area (Å²) in [5, 5.41) is 2.75. The van der Waals surface area contributed by atoms with Crippen LogP contribution in [0.1, 0.15) is 22.5 Å². The summed E-state index contributed by atoms with van der Waals surface area (Å²) in [4.78, 5) is 17.2. The van der Waals surface area contributed by atoms with Crippen LogP contribution in [-0.2, 0) is 38.5 Å². The van der Waals surface area contributed by atoms with Gasteiger partial charge in [-0.3, -0.25) is 8.98 Å². The Morgan fingerprint density at radius 1 is 0.946 bits per heavy atom. The van der Waals surface area contributed by atoms with E-state index in [9.17, 15) is 13.2 Å². The molecule has 4 aromatic rings. The van der Waals surface area contributed by atoms with Crippen LogP contribution in [0.3, 0.4) is 0 Å². The Morgan fingerprint density at radius 2 is 1.59 bits per heavy atom. The van der Waals surface area contributed by atoms with E-state index in [1.807, 2.05) is 67.6 Å². The number of aromatic nitrogens is 1. The van der Waals surface area contributed by atoms with Crippen LogP contribution in [0.5, 0.6) is 5.88 Å². The smallest absolute Gasteiger partial charge is 0.297 e. The zero-order valence-electron chi connectivity index (χ0n) is 20.4. The normalized spacial score (nSPS) is 12.1. The molecule has 1 aromatic heterocycles. The van der Waals surface area contributed by atoms with E-state index in [0.717, 1.165) is 16.7 Å². The summed E-state index contributed by atoms with van der Waals surface area (Å²) in [6, 6.07) is 25.0. The number of hydrogen-bond acceptors (Lipinski definition) is 7. The van der Waals surface area contributed by atoms with Gasteiger partial charge in [-0.25, -0.2) is 0 Å². The number of benzene rings is 3. The van der Waals surface area contributed by atoms with E-state index < -0.39 is 22.1 Å². The highest BCUT2D eigenvalue weighted by molar-refractivity contribution is 7.86. The van der Waals surface area contributed by atoms with Crippen molar-refractivity contribution in [3.05, 3.63) is 114 Å². The highest BCUT2D eigenvalue weighted by atomic mass is 32.2. The molecule has 1 heterocycles. The number of carbonyl (C=O) groups excluding carboxylic acids is 1. The molecule has 0 spiro atoms. The second kappa shape index (κ2) is 12.3. The van der Waals surface area contributed by atoms with Gasteiger partial charge in [0.15, 0.2) is 18.3 Å². The van der Waals surface area contributed by atoms with Crippen molar-refractivity contribution in [2.45, 2.75) is 37.4 Å². The van der Waals surface area contributed by atoms with Gasteiger partial charge in [-0.2, -0.15) is 13.4 Å². The molecule has 192 valence electrons. The lowest BCUT2D eigenvalue weighted by Crippen LogP contribution is -2.40. The number of aryl methyl sites for hydroxylation is 1. The minimum absolute atomic E-state index is 0.00849. The first-order valence-electron chi connectivity index (χ1n) is 11.8. The molecule has 1 amide bonds. The van der Waals surface area contributed by atoms with Crippen LogP contribution in [0.2, 0.25) is 0 Å². The number of nitrogens with one attached hydrogen (secondary N) is 1. The van der Waals surface area contributed by atoms with Crippen molar-refractivity contribution >= 4 is 16.0 Å². The third-order valence-electron chi connectivity index (χ3n) is 5.58. The quantitative estimate of drug-likeness (QED) is 0.279. The van der Waals surface area contributed by atoms with Crippen molar-refractivity contribution in [2.24, 2.45) is 0 Å². The zero-order valence-corrected chi connectivity index (χ0v) is 21.2. The molecular formula is C28H28N2O6S. The first-order chi connectivity index (χ1) is 17.9. The summed E-state index contributed by atoms with van der Waals surface area (Å²) >= 11 is 0. The van der Waals surface area contributed by atoms with Gasteiger partial charge in [0.25, 0.3) is 21.9 Å². The van der Waals surface area contributed by atoms with Gasteiger partial charge in [0.1, 0.15) is 6.61 Å². The maximum Gasteiger partial charge on any atom is 0.297 e. The average molecular weight is 521 g/mol. The Hall–Kier alpha value is -3.95. The number of oxazole rings is 1. The molecule has 0 bridgehead atoms. The van der Waals surface area contributed by atoms with Gasteiger partial charge in [0.2, 0.25) is 0 Å². The Bertz CT molecular complexity index is 1390. The fourth-order valence-corrected chi connectivity index (χ4v) is 4.64. The second-order valence-electron chi connectivity index (χ2n) is 8.44. The molecule has 37 heavy (non-hydrogen) atoms. The first kappa shape index (κ1) is 26.1. The van der Waals surface area contributed by atoms with Crippen molar-refractivity contribution in [1.29, 1.82) is 0 Å². The lowest BCUT2D eigenvalue weighted by molar-refractivity contribution is -0.127. The van der Waals surface area contributed by atoms with E-state index in [1.165, 1.54) is 18.5 Å². The Labute approximate surface area is 216 Å². The van der Waals surface area contributed by atoms with E-state index in [1.54, 1.807) is 12.1 Å². The molecule has 0 saturated heterocycles. The van der Waals surface area contributed by atoms with Gasteiger partial charge in [-0.15, -0.1) is 0 Å². The summed E-state index contributed by atoms with van der Waals surface area (Å²) in [6.45, 7) is 2.36. The molecule has 9 heteroatoms. The second-order valence-corrected chi connectivity index (χ2v) is 10.0. The maximum atomic E-state index is 13.1. The zero-order chi connectivity index (χ0) is 26.1. The molecule has 4 rings (SSSR count). The molecular weight excluding hydrogens is 492 g/mol. The lowest BCUT2D eigenvalue weighted by atomic mass is 10.1. The fraction of sp³-hybridized carbons (Fsp3) is 0.214. The number of ether oxygens (including phenoxy) is 1. The summed E-state index contributed by atoms with van der Waals surface area (Å²) in [5.41, 5.74) is 2.67. The monoisotopic (exact) mass is 520 g/mol. The maximum absolute atomic E-state index is 13.1. The molecule has 0 radical (unpaired) electrons. The van der Waals surface area contributed by atoms with Crippen molar-refractivity contribution in [1.82, 2.24) is 10.3 Å². The van der Waals surface area contributed by atoms with E-state index in [0.29, 0.717) is 24.7 Å². The standard InChI is InChI=1S/C28H28N2O6S/c1-21-12-14-24(15-13-21)37(32,33)36-26(18-22-8-4-2-5-9-22)27(31)29-17-16-25-28(30-20-35-25)34-19-23-10-6-3-7-11-23/h2-15,20,26H,16-19H2,1H3,(H,29,31)/t26-/m1/s1. The molecule has 1 atom stereocenters. The SMILES string of the molecule is Cc1ccc(S(=O)(=O)O[C@H](Cc2ccccc2)C(=O)NCCc2ocnc2OCc2ccccc2)cc1. The van der Waals surface area contributed by atoms with E-state index in [-0.39, 0.29) is 17.9 Å².